The fraction of sp³-hybridized carbons (Fsp3) is 0.268. The maximum Gasteiger partial charge on any atom is 0.252 e. The van der Waals surface area contributed by atoms with Crippen molar-refractivity contribution in [2.24, 2.45) is 17.8 Å². The average molecular weight is 569 g/mol. The van der Waals surface area contributed by atoms with Crippen LogP contribution in [0.15, 0.2) is 115 Å². The number of benzene rings is 5. The normalized spacial score (nSPS) is 25.5. The van der Waals surface area contributed by atoms with E-state index in [9.17, 15) is 0 Å². The van der Waals surface area contributed by atoms with Crippen LogP contribution < -0.4 is 26.2 Å². The Morgan fingerprint density at radius 3 is 1.66 bits per heavy atom. The summed E-state index contributed by atoms with van der Waals surface area (Å²) in [7, 11) is 0. The summed E-state index contributed by atoms with van der Waals surface area (Å²) in [5, 5.41) is 0. The second-order valence-electron chi connectivity index (χ2n) is 14.5. The molecule has 0 saturated heterocycles. The zero-order valence-electron chi connectivity index (χ0n) is 25.4. The number of aryl methyl sites for hydroxylation is 1. The molecule has 5 aromatic carbocycles. The third-order valence-electron chi connectivity index (χ3n) is 11.8. The number of nitrogens with zero attached hydrogens (tertiary/aromatic N) is 2. The van der Waals surface area contributed by atoms with Crippen LogP contribution in [0, 0.1) is 24.7 Å². The molecule has 4 fully saturated rings. The Morgan fingerprint density at radius 2 is 1.07 bits per heavy atom. The zero-order valence-corrected chi connectivity index (χ0v) is 25.4. The summed E-state index contributed by atoms with van der Waals surface area (Å²) in [5.41, 5.74) is 15.3. The van der Waals surface area contributed by atoms with Crippen molar-refractivity contribution >= 4 is 57.2 Å². The van der Waals surface area contributed by atoms with Gasteiger partial charge in [-0.15, -0.1) is 0 Å². The van der Waals surface area contributed by atoms with E-state index >= 15 is 0 Å². The lowest BCUT2D eigenvalue weighted by Gasteiger charge is -2.57. The van der Waals surface area contributed by atoms with Crippen molar-refractivity contribution in [3.8, 4) is 0 Å². The molecule has 0 unspecified atom stereocenters. The molecule has 4 aliphatic carbocycles. The SMILES string of the molecule is Cc1cccc(N2c3ccccc3B3c4ccccc4N(c4ccccc4)c4cc(C56CC7CC(CC(C7)C5)C6)cc2c43)c1. The van der Waals surface area contributed by atoms with E-state index in [1.54, 1.807) is 5.56 Å². The largest absolute Gasteiger partial charge is 0.311 e. The van der Waals surface area contributed by atoms with Crippen LogP contribution in [0.1, 0.15) is 49.7 Å². The highest BCUT2D eigenvalue weighted by atomic mass is 15.2. The first-order chi connectivity index (χ1) is 21.6. The maximum atomic E-state index is 2.66. The van der Waals surface area contributed by atoms with Gasteiger partial charge in [-0.2, -0.15) is 0 Å². The summed E-state index contributed by atoms with van der Waals surface area (Å²) in [6.07, 6.45) is 8.49. The number of hydrogen-bond acceptors (Lipinski definition) is 2. The minimum Gasteiger partial charge on any atom is -0.311 e. The lowest BCUT2D eigenvalue weighted by Crippen LogP contribution is -2.61. The van der Waals surface area contributed by atoms with Crippen molar-refractivity contribution in [2.45, 2.75) is 50.9 Å². The minimum atomic E-state index is 0.193. The first-order valence-corrected chi connectivity index (χ1v) is 16.7. The van der Waals surface area contributed by atoms with Crippen molar-refractivity contribution in [1.82, 2.24) is 0 Å². The molecule has 0 atom stereocenters. The van der Waals surface area contributed by atoms with Gasteiger partial charge >= 0.3 is 0 Å². The number of anilines is 6. The lowest BCUT2D eigenvalue weighted by atomic mass is 9.33. The van der Waals surface area contributed by atoms with Crippen LogP contribution in [0.2, 0.25) is 0 Å². The quantitative estimate of drug-likeness (QED) is 0.197. The van der Waals surface area contributed by atoms with Crippen molar-refractivity contribution in [3.05, 3.63) is 126 Å². The number of hydrogen-bond donors (Lipinski definition) is 0. The molecule has 2 nitrogen and oxygen atoms in total. The molecule has 44 heavy (non-hydrogen) atoms. The van der Waals surface area contributed by atoms with E-state index in [-0.39, 0.29) is 6.71 Å². The predicted molar refractivity (Wildman–Crippen MR) is 185 cm³/mol. The summed E-state index contributed by atoms with van der Waals surface area (Å²) in [5.74, 6) is 2.71. The van der Waals surface area contributed by atoms with Gasteiger partial charge in [-0.05, 0) is 145 Å². The van der Waals surface area contributed by atoms with Gasteiger partial charge in [-0.1, -0.05) is 66.7 Å². The number of para-hydroxylation sites is 3. The van der Waals surface area contributed by atoms with Crippen LogP contribution in [0.3, 0.4) is 0 Å². The summed E-state index contributed by atoms with van der Waals surface area (Å²) >= 11 is 0. The second-order valence-corrected chi connectivity index (χ2v) is 14.5. The third-order valence-corrected chi connectivity index (χ3v) is 11.8. The van der Waals surface area contributed by atoms with E-state index in [4.69, 9.17) is 0 Å². The van der Waals surface area contributed by atoms with Crippen molar-refractivity contribution in [2.75, 3.05) is 9.80 Å². The van der Waals surface area contributed by atoms with Gasteiger partial charge in [0.2, 0.25) is 0 Å². The van der Waals surface area contributed by atoms with Gasteiger partial charge in [0, 0.05) is 34.1 Å². The summed E-state index contributed by atoms with van der Waals surface area (Å²) < 4.78 is 0. The molecule has 3 heteroatoms. The van der Waals surface area contributed by atoms with Gasteiger partial charge in [0.25, 0.3) is 6.71 Å². The van der Waals surface area contributed by atoms with E-state index in [1.807, 2.05) is 0 Å². The van der Waals surface area contributed by atoms with Gasteiger partial charge in [0.1, 0.15) is 0 Å². The molecule has 2 heterocycles. The van der Waals surface area contributed by atoms with Crippen LogP contribution >= 0.6 is 0 Å². The van der Waals surface area contributed by atoms with Gasteiger partial charge in [-0.3, -0.25) is 0 Å². The summed E-state index contributed by atoms with van der Waals surface area (Å²) in [6, 6.07) is 43.9. The number of rotatable bonds is 3. The third kappa shape index (κ3) is 3.50. The topological polar surface area (TPSA) is 6.48 Å². The van der Waals surface area contributed by atoms with Crippen LogP contribution in [0.25, 0.3) is 0 Å². The van der Waals surface area contributed by atoms with E-state index < -0.39 is 0 Å². The Morgan fingerprint density at radius 1 is 0.545 bits per heavy atom. The summed E-state index contributed by atoms with van der Waals surface area (Å²) in [6.45, 7) is 2.41. The summed E-state index contributed by atoms with van der Waals surface area (Å²) in [4.78, 5) is 5.18. The minimum absolute atomic E-state index is 0.193. The molecule has 11 rings (SSSR count). The van der Waals surface area contributed by atoms with E-state index in [0.717, 1.165) is 17.8 Å². The monoisotopic (exact) mass is 568 g/mol. The Hall–Kier alpha value is -4.24. The van der Waals surface area contributed by atoms with Gasteiger partial charge in [0.15, 0.2) is 0 Å². The molecule has 4 saturated carbocycles. The molecule has 214 valence electrons. The molecule has 4 bridgehead atoms. The van der Waals surface area contributed by atoms with Gasteiger partial charge < -0.3 is 9.80 Å². The molecule has 0 N–H and O–H groups in total. The molecule has 0 spiro atoms. The average Bonchev–Trinajstić information content (AvgIpc) is 3.04. The first-order valence-electron chi connectivity index (χ1n) is 16.7. The molecule has 2 aliphatic heterocycles. The van der Waals surface area contributed by atoms with Gasteiger partial charge in [-0.25, -0.2) is 0 Å². The molecular weight excluding hydrogens is 531 g/mol. The van der Waals surface area contributed by atoms with Crippen molar-refractivity contribution < 1.29 is 0 Å². The van der Waals surface area contributed by atoms with Crippen LogP contribution in [0.4, 0.5) is 34.1 Å². The predicted octanol–water partition coefficient (Wildman–Crippen LogP) is 8.55. The maximum absolute atomic E-state index is 2.66. The molecule has 0 amide bonds. The Bertz CT molecular complexity index is 1910. The Labute approximate surface area is 261 Å². The van der Waals surface area contributed by atoms with E-state index in [0.29, 0.717) is 5.41 Å². The highest BCUT2D eigenvalue weighted by molar-refractivity contribution is 7.00. The molecule has 5 aromatic rings. The lowest BCUT2D eigenvalue weighted by molar-refractivity contribution is -0.00514. The number of fused-ring (bicyclic) bond motifs is 4. The zero-order chi connectivity index (χ0) is 29.0. The fourth-order valence-electron chi connectivity index (χ4n) is 10.6. The van der Waals surface area contributed by atoms with Crippen molar-refractivity contribution in [3.63, 3.8) is 0 Å². The van der Waals surface area contributed by atoms with Crippen molar-refractivity contribution in [1.29, 1.82) is 0 Å². The van der Waals surface area contributed by atoms with Gasteiger partial charge in [0.05, 0.1) is 0 Å². The Kier molecular flexibility index (Phi) is 5.22. The highest BCUT2D eigenvalue weighted by Crippen LogP contribution is 2.61. The standard InChI is InChI=1S/C41H37BN2/c1-27-10-9-13-33(18-27)44-37-17-8-6-15-35(37)42-34-14-5-7-16-36(34)43(32-11-3-2-4-12-32)38-22-31(23-39(44)40(38)42)41-24-28-19-29(25-41)21-30(20-28)26-41/h2-18,22-23,28-30H,19-21,24-26H2,1H3. The molecule has 0 radical (unpaired) electrons. The second kappa shape index (κ2) is 9.14. The Balaban J connectivity index is 1.31. The fourth-order valence-corrected chi connectivity index (χ4v) is 10.6. The van der Waals surface area contributed by atoms with Crippen LogP contribution in [0.5, 0.6) is 0 Å². The van der Waals surface area contributed by atoms with E-state index in [2.05, 4.69) is 132 Å². The smallest absolute Gasteiger partial charge is 0.252 e. The highest BCUT2D eigenvalue weighted by Gasteiger charge is 2.53. The molecule has 6 aliphatic rings. The van der Waals surface area contributed by atoms with Crippen LogP contribution in [-0.2, 0) is 5.41 Å². The van der Waals surface area contributed by atoms with E-state index in [1.165, 1.54) is 94.6 Å². The van der Waals surface area contributed by atoms with Crippen LogP contribution in [-0.4, -0.2) is 6.71 Å². The molecular formula is C41H37BN2. The molecule has 0 aromatic heterocycles. The first kappa shape index (κ1) is 25.1.